The molecule has 0 spiro atoms. The molecule has 6 nitrogen and oxygen atoms in total. The molecule has 2 aromatic carbocycles. The molecular weight excluding hydrogens is 328 g/mol. The smallest absolute Gasteiger partial charge is 0.334 e. The first kappa shape index (κ1) is 17.5. The molecule has 1 heterocycles. The van der Waals surface area contributed by atoms with Gasteiger partial charge in [0.25, 0.3) is 0 Å². The van der Waals surface area contributed by atoms with E-state index in [9.17, 15) is 4.79 Å². The predicted molar refractivity (Wildman–Crippen MR) is 102 cm³/mol. The number of fused-ring (bicyclic) bond motifs is 1. The molecule has 0 bridgehead atoms. The minimum atomic E-state index is -0.388. The van der Waals surface area contributed by atoms with E-state index in [0.717, 1.165) is 16.7 Å². The number of aliphatic imine (C=N–C) groups is 1. The maximum absolute atomic E-state index is 12.3. The fourth-order valence-electron chi connectivity index (χ4n) is 2.84. The number of esters is 1. The first-order chi connectivity index (χ1) is 12.6. The number of carbonyl (C=O) groups excluding carboxylic acids is 1. The molecule has 2 N–H and O–H groups in total. The van der Waals surface area contributed by atoms with E-state index in [1.165, 1.54) is 5.56 Å². The summed E-state index contributed by atoms with van der Waals surface area (Å²) >= 11 is 0. The van der Waals surface area contributed by atoms with Crippen LogP contribution in [0.15, 0.2) is 63.4 Å². The molecule has 2 aromatic rings. The number of nitrogens with two attached hydrogens (primary N) is 1. The van der Waals surface area contributed by atoms with Crippen LogP contribution < -0.4 is 5.84 Å². The van der Waals surface area contributed by atoms with E-state index >= 15 is 0 Å². The van der Waals surface area contributed by atoms with Crippen LogP contribution in [0.3, 0.4) is 0 Å². The summed E-state index contributed by atoms with van der Waals surface area (Å²) < 4.78 is 5.14. The van der Waals surface area contributed by atoms with Gasteiger partial charge < -0.3 is 10.6 Å². The Kier molecular flexibility index (Phi) is 5.22. The number of carbonyl (C=O) groups is 1. The number of hydrogen-bond donors (Lipinski definition) is 1. The summed E-state index contributed by atoms with van der Waals surface area (Å²) in [5, 5.41) is 7.14. The molecule has 26 heavy (non-hydrogen) atoms. The Labute approximate surface area is 152 Å². The van der Waals surface area contributed by atoms with Gasteiger partial charge in [-0.05, 0) is 43.2 Å². The third kappa shape index (κ3) is 3.85. The molecule has 0 aliphatic carbocycles. The molecule has 0 atom stereocenters. The number of ether oxygens (including phenoxy) is 1. The average Bonchev–Trinajstić information content (AvgIpc) is 2.80. The zero-order valence-electron chi connectivity index (χ0n) is 14.8. The van der Waals surface area contributed by atoms with Crippen molar-refractivity contribution in [1.82, 2.24) is 0 Å². The van der Waals surface area contributed by atoms with Gasteiger partial charge in [0, 0.05) is 17.6 Å². The summed E-state index contributed by atoms with van der Waals surface area (Å²) in [6.45, 7) is 4.13. The van der Waals surface area contributed by atoms with Gasteiger partial charge in [0.1, 0.15) is 0 Å². The molecule has 0 radical (unpaired) electrons. The number of hydrogen-bond acceptors (Lipinski definition) is 5. The molecule has 1 aliphatic heterocycles. The van der Waals surface area contributed by atoms with E-state index in [0.29, 0.717) is 23.7 Å². The van der Waals surface area contributed by atoms with Crippen molar-refractivity contribution in [2.24, 2.45) is 21.2 Å². The molecule has 0 amide bonds. The summed E-state index contributed by atoms with van der Waals surface area (Å²) in [4.78, 5) is 16.8. The monoisotopic (exact) mass is 348 g/mol. The molecule has 0 fully saturated rings. The standard InChI is InChI=1S/C20H20N4O2/c1-3-26-20(25)17-11-16-10-15(14-6-4-5-13(2)9-14)7-8-18(16)22-19(12-17)23-24-21/h4-11H,3,12H2,1-2H3,(H2,21,22,23). The van der Waals surface area contributed by atoms with Crippen LogP contribution in [0.1, 0.15) is 24.5 Å². The molecular formula is C20H20N4O2. The summed E-state index contributed by atoms with van der Waals surface area (Å²) in [7, 11) is 0. The van der Waals surface area contributed by atoms with Crippen molar-refractivity contribution in [3.8, 4) is 11.1 Å². The minimum absolute atomic E-state index is 0.216. The van der Waals surface area contributed by atoms with Crippen molar-refractivity contribution in [3.05, 3.63) is 59.2 Å². The van der Waals surface area contributed by atoms with Crippen LogP contribution in [0.4, 0.5) is 5.69 Å². The zero-order valence-corrected chi connectivity index (χ0v) is 14.8. The van der Waals surface area contributed by atoms with Crippen molar-refractivity contribution < 1.29 is 9.53 Å². The van der Waals surface area contributed by atoms with Crippen molar-refractivity contribution in [2.45, 2.75) is 20.3 Å². The van der Waals surface area contributed by atoms with Gasteiger partial charge in [0.2, 0.25) is 0 Å². The van der Waals surface area contributed by atoms with Crippen LogP contribution in [0, 0.1) is 6.92 Å². The van der Waals surface area contributed by atoms with Crippen LogP contribution in [-0.4, -0.2) is 18.4 Å². The van der Waals surface area contributed by atoms with Crippen LogP contribution in [0.2, 0.25) is 0 Å². The zero-order chi connectivity index (χ0) is 18.5. The van der Waals surface area contributed by atoms with E-state index in [-0.39, 0.29) is 12.4 Å². The summed E-state index contributed by atoms with van der Waals surface area (Å²) in [5.41, 5.74) is 5.35. The van der Waals surface area contributed by atoms with Gasteiger partial charge in [0.15, 0.2) is 5.84 Å². The van der Waals surface area contributed by atoms with Gasteiger partial charge in [-0.25, -0.2) is 9.79 Å². The first-order valence-electron chi connectivity index (χ1n) is 8.38. The summed E-state index contributed by atoms with van der Waals surface area (Å²) in [5.74, 6) is 5.15. The minimum Gasteiger partial charge on any atom is -0.463 e. The van der Waals surface area contributed by atoms with Crippen LogP contribution >= 0.6 is 0 Å². The second kappa shape index (κ2) is 7.74. The Morgan fingerprint density at radius 3 is 2.77 bits per heavy atom. The number of rotatable bonds is 3. The lowest BCUT2D eigenvalue weighted by atomic mass is 9.99. The number of nitrogens with zero attached hydrogens (tertiary/aromatic N) is 3. The Balaban J connectivity index is 2.10. The number of benzene rings is 2. The van der Waals surface area contributed by atoms with Gasteiger partial charge >= 0.3 is 5.97 Å². The average molecular weight is 348 g/mol. The molecule has 6 heteroatoms. The summed E-state index contributed by atoms with van der Waals surface area (Å²) in [6.07, 6.45) is 2.02. The van der Waals surface area contributed by atoms with E-state index in [4.69, 9.17) is 10.6 Å². The maximum atomic E-state index is 12.3. The van der Waals surface area contributed by atoms with Crippen LogP contribution in [0.25, 0.3) is 17.2 Å². The van der Waals surface area contributed by atoms with E-state index < -0.39 is 0 Å². The fourth-order valence-corrected chi connectivity index (χ4v) is 2.84. The second-order valence-electron chi connectivity index (χ2n) is 5.95. The Hall–Kier alpha value is -3.28. The van der Waals surface area contributed by atoms with Gasteiger partial charge in [0.05, 0.1) is 12.3 Å². The molecule has 0 saturated carbocycles. The molecule has 0 aromatic heterocycles. The summed E-state index contributed by atoms with van der Waals surface area (Å²) in [6, 6.07) is 14.2. The van der Waals surface area contributed by atoms with Crippen LogP contribution in [-0.2, 0) is 9.53 Å². The largest absolute Gasteiger partial charge is 0.463 e. The maximum Gasteiger partial charge on any atom is 0.334 e. The molecule has 0 unspecified atom stereocenters. The highest BCUT2D eigenvalue weighted by Crippen LogP contribution is 2.32. The normalized spacial score (nSPS) is 13.6. The highest BCUT2D eigenvalue weighted by atomic mass is 16.5. The van der Waals surface area contributed by atoms with E-state index in [2.05, 4.69) is 40.5 Å². The van der Waals surface area contributed by atoms with Crippen molar-refractivity contribution in [3.63, 3.8) is 0 Å². The fraction of sp³-hybridized carbons (Fsp3) is 0.200. The van der Waals surface area contributed by atoms with Crippen molar-refractivity contribution >= 4 is 23.6 Å². The topological polar surface area (TPSA) is 89.4 Å². The van der Waals surface area contributed by atoms with E-state index in [1.54, 1.807) is 13.0 Å². The molecule has 0 saturated heterocycles. The van der Waals surface area contributed by atoms with Gasteiger partial charge in [-0.15, -0.1) is 5.11 Å². The Morgan fingerprint density at radius 2 is 2.04 bits per heavy atom. The number of aryl methyl sites for hydroxylation is 1. The predicted octanol–water partition coefficient (Wildman–Crippen LogP) is 4.37. The van der Waals surface area contributed by atoms with Crippen LogP contribution in [0.5, 0.6) is 0 Å². The molecule has 132 valence electrons. The third-order valence-corrected chi connectivity index (χ3v) is 4.02. The molecule has 1 aliphatic rings. The van der Waals surface area contributed by atoms with Crippen molar-refractivity contribution in [1.29, 1.82) is 0 Å². The highest BCUT2D eigenvalue weighted by Gasteiger charge is 2.19. The Bertz CT molecular complexity index is 929. The van der Waals surface area contributed by atoms with Crippen molar-refractivity contribution in [2.75, 3.05) is 6.61 Å². The SMILES string of the molecule is CCOC(=O)C1=Cc2cc(-c3cccc(C)c3)ccc2N=C(N=NN)C1. The lowest BCUT2D eigenvalue weighted by molar-refractivity contribution is -0.138. The van der Waals surface area contributed by atoms with Gasteiger partial charge in [-0.1, -0.05) is 41.1 Å². The Morgan fingerprint density at radius 1 is 1.23 bits per heavy atom. The lowest BCUT2D eigenvalue weighted by Crippen LogP contribution is -2.10. The van der Waals surface area contributed by atoms with E-state index in [1.807, 2.05) is 24.3 Å². The first-order valence-corrected chi connectivity index (χ1v) is 8.38. The second-order valence-corrected chi connectivity index (χ2v) is 5.95. The molecule has 3 rings (SSSR count). The van der Waals surface area contributed by atoms with Gasteiger partial charge in [-0.3, -0.25) is 0 Å². The highest BCUT2D eigenvalue weighted by molar-refractivity contribution is 6.03. The third-order valence-electron chi connectivity index (χ3n) is 4.02. The lowest BCUT2D eigenvalue weighted by Gasteiger charge is -2.07. The quantitative estimate of drug-likeness (QED) is 0.386. The van der Waals surface area contributed by atoms with Gasteiger partial charge in [-0.2, -0.15) is 0 Å². The number of amidine groups is 1.